The standard InChI is InChI=1S/C25H21F6N3O3/c1-37-21-10-2-5-16(13-21)22(35)32-11-12-34(20-9-4-7-18(15-20)25(29,30)31)23(36)33-19-8-3-6-17(14-19)24(26,27)28/h2-10,13-15H,11-12H2,1H3,(H,32,35)(H,33,36). The summed E-state index contributed by atoms with van der Waals surface area (Å²) in [4.78, 5) is 26.3. The van der Waals surface area contributed by atoms with Crippen LogP contribution in [0.1, 0.15) is 21.5 Å². The number of halogens is 6. The monoisotopic (exact) mass is 525 g/mol. The highest BCUT2D eigenvalue weighted by Gasteiger charge is 2.32. The number of benzene rings is 3. The lowest BCUT2D eigenvalue weighted by Crippen LogP contribution is -2.41. The first-order valence-corrected chi connectivity index (χ1v) is 10.7. The molecule has 37 heavy (non-hydrogen) atoms. The highest BCUT2D eigenvalue weighted by molar-refractivity contribution is 6.02. The maximum atomic E-state index is 13.2. The number of amides is 3. The van der Waals surface area contributed by atoms with E-state index in [4.69, 9.17) is 4.74 Å². The van der Waals surface area contributed by atoms with E-state index in [1.165, 1.54) is 31.4 Å². The minimum Gasteiger partial charge on any atom is -0.497 e. The van der Waals surface area contributed by atoms with Crippen molar-refractivity contribution in [2.75, 3.05) is 30.4 Å². The predicted octanol–water partition coefficient (Wildman–Crippen LogP) is 6.20. The van der Waals surface area contributed by atoms with Gasteiger partial charge in [0, 0.05) is 30.0 Å². The van der Waals surface area contributed by atoms with E-state index in [1.54, 1.807) is 12.1 Å². The molecule has 0 radical (unpaired) electrons. The van der Waals surface area contributed by atoms with E-state index in [2.05, 4.69) is 10.6 Å². The molecule has 196 valence electrons. The Bertz CT molecular complexity index is 1260. The van der Waals surface area contributed by atoms with Crippen molar-refractivity contribution in [3.63, 3.8) is 0 Å². The molecule has 0 saturated carbocycles. The molecule has 3 aromatic carbocycles. The molecule has 3 amide bonds. The van der Waals surface area contributed by atoms with Crippen LogP contribution in [0.4, 0.5) is 42.5 Å². The Morgan fingerprint density at radius 3 is 2.11 bits per heavy atom. The van der Waals surface area contributed by atoms with Crippen LogP contribution in [0.25, 0.3) is 0 Å². The van der Waals surface area contributed by atoms with Crippen LogP contribution in [0, 0.1) is 0 Å². The van der Waals surface area contributed by atoms with Gasteiger partial charge in [-0.2, -0.15) is 26.3 Å². The summed E-state index contributed by atoms with van der Waals surface area (Å²) < 4.78 is 83.9. The van der Waals surface area contributed by atoms with Gasteiger partial charge in [0.25, 0.3) is 5.91 Å². The summed E-state index contributed by atoms with van der Waals surface area (Å²) in [5, 5.41) is 4.83. The first kappa shape index (κ1) is 27.4. The molecule has 0 aromatic heterocycles. The van der Waals surface area contributed by atoms with Crippen LogP contribution < -0.4 is 20.3 Å². The zero-order chi connectivity index (χ0) is 27.2. The van der Waals surface area contributed by atoms with Gasteiger partial charge in [0.2, 0.25) is 0 Å². The Hall–Kier alpha value is -4.22. The summed E-state index contributed by atoms with van der Waals surface area (Å²) in [5.74, 6) is -0.0973. The van der Waals surface area contributed by atoms with E-state index < -0.39 is 35.4 Å². The normalized spacial score (nSPS) is 11.5. The number of anilines is 2. The molecule has 0 aliphatic rings. The van der Waals surface area contributed by atoms with Gasteiger partial charge in [-0.05, 0) is 54.6 Å². The van der Waals surface area contributed by atoms with Gasteiger partial charge in [-0.3, -0.25) is 9.69 Å². The molecule has 0 aliphatic carbocycles. The fourth-order valence-corrected chi connectivity index (χ4v) is 3.31. The second-order valence-corrected chi connectivity index (χ2v) is 7.70. The first-order chi connectivity index (χ1) is 17.4. The Balaban J connectivity index is 1.82. The van der Waals surface area contributed by atoms with Gasteiger partial charge in [-0.1, -0.05) is 18.2 Å². The number of carbonyl (C=O) groups excluding carboxylic acids is 2. The quantitative estimate of drug-likeness (QED) is 0.361. The predicted molar refractivity (Wildman–Crippen MR) is 125 cm³/mol. The SMILES string of the molecule is COc1cccc(C(=O)NCCN(C(=O)Nc2cccc(C(F)(F)F)c2)c2cccc(C(F)(F)F)c2)c1. The number of methoxy groups -OCH3 is 1. The fourth-order valence-electron chi connectivity index (χ4n) is 3.31. The molecule has 0 saturated heterocycles. The molecule has 0 atom stereocenters. The van der Waals surface area contributed by atoms with E-state index in [1.807, 2.05) is 0 Å². The molecule has 0 bridgehead atoms. The second-order valence-electron chi connectivity index (χ2n) is 7.70. The highest BCUT2D eigenvalue weighted by atomic mass is 19.4. The topological polar surface area (TPSA) is 70.7 Å². The number of nitrogens with one attached hydrogen (secondary N) is 2. The first-order valence-electron chi connectivity index (χ1n) is 10.7. The van der Waals surface area contributed by atoms with Crippen LogP contribution >= 0.6 is 0 Å². The van der Waals surface area contributed by atoms with Crippen molar-refractivity contribution < 1.29 is 40.7 Å². The molecule has 12 heteroatoms. The maximum Gasteiger partial charge on any atom is 0.416 e. The molecule has 0 heterocycles. The van der Waals surface area contributed by atoms with E-state index in [9.17, 15) is 35.9 Å². The summed E-state index contributed by atoms with van der Waals surface area (Å²) in [6.45, 7) is -0.468. The lowest BCUT2D eigenvalue weighted by molar-refractivity contribution is -0.138. The number of hydrogen-bond donors (Lipinski definition) is 2. The molecular formula is C25H21F6N3O3. The molecule has 0 aliphatic heterocycles. The molecular weight excluding hydrogens is 504 g/mol. The van der Waals surface area contributed by atoms with Crippen molar-refractivity contribution in [1.29, 1.82) is 0 Å². The summed E-state index contributed by atoms with van der Waals surface area (Å²) in [6, 6.07) is 12.9. The molecule has 2 N–H and O–H groups in total. The zero-order valence-electron chi connectivity index (χ0n) is 19.3. The van der Waals surface area contributed by atoms with Gasteiger partial charge in [-0.15, -0.1) is 0 Å². The second kappa shape index (κ2) is 11.2. The van der Waals surface area contributed by atoms with E-state index in [0.29, 0.717) is 11.8 Å². The number of ether oxygens (including phenoxy) is 1. The minimum atomic E-state index is -4.69. The van der Waals surface area contributed by atoms with Crippen molar-refractivity contribution in [2.24, 2.45) is 0 Å². The minimum absolute atomic E-state index is 0.171. The van der Waals surface area contributed by atoms with Gasteiger partial charge >= 0.3 is 18.4 Å². The number of hydrogen-bond acceptors (Lipinski definition) is 3. The Kier molecular flexibility index (Phi) is 8.31. The summed E-state index contributed by atoms with van der Waals surface area (Å²) in [7, 11) is 1.42. The van der Waals surface area contributed by atoms with Crippen LogP contribution in [0.3, 0.4) is 0 Å². The smallest absolute Gasteiger partial charge is 0.416 e. The lowest BCUT2D eigenvalue weighted by atomic mass is 10.1. The summed E-state index contributed by atoms with van der Waals surface area (Å²) in [6.07, 6.45) is -9.36. The van der Waals surface area contributed by atoms with Crippen LogP contribution in [0.5, 0.6) is 5.75 Å². The number of nitrogens with zero attached hydrogens (tertiary/aromatic N) is 1. The number of carbonyl (C=O) groups is 2. The summed E-state index contributed by atoms with van der Waals surface area (Å²) >= 11 is 0. The average Bonchev–Trinajstić information content (AvgIpc) is 2.85. The fraction of sp³-hybridized carbons (Fsp3) is 0.200. The van der Waals surface area contributed by atoms with Crippen LogP contribution in [0.15, 0.2) is 72.8 Å². The Labute approximate surface area is 207 Å². The van der Waals surface area contributed by atoms with Gasteiger partial charge in [0.15, 0.2) is 0 Å². The summed E-state index contributed by atoms with van der Waals surface area (Å²) in [5.41, 5.74) is -2.17. The number of alkyl halides is 6. The van der Waals surface area contributed by atoms with Crippen molar-refractivity contribution >= 4 is 23.3 Å². The third-order valence-corrected chi connectivity index (χ3v) is 5.12. The molecule has 0 unspecified atom stereocenters. The van der Waals surface area contributed by atoms with E-state index >= 15 is 0 Å². The third kappa shape index (κ3) is 7.38. The van der Waals surface area contributed by atoms with Crippen LogP contribution in [-0.2, 0) is 12.4 Å². The number of rotatable bonds is 7. The van der Waals surface area contributed by atoms with E-state index in [-0.39, 0.29) is 30.0 Å². The molecule has 3 rings (SSSR count). The molecule has 6 nitrogen and oxygen atoms in total. The third-order valence-electron chi connectivity index (χ3n) is 5.12. The van der Waals surface area contributed by atoms with Crippen LogP contribution in [-0.4, -0.2) is 32.1 Å². The zero-order valence-corrected chi connectivity index (χ0v) is 19.3. The van der Waals surface area contributed by atoms with Crippen LogP contribution in [0.2, 0.25) is 0 Å². The van der Waals surface area contributed by atoms with Crippen molar-refractivity contribution in [3.8, 4) is 5.75 Å². The molecule has 0 spiro atoms. The lowest BCUT2D eigenvalue weighted by Gasteiger charge is -2.24. The Morgan fingerprint density at radius 1 is 0.838 bits per heavy atom. The van der Waals surface area contributed by atoms with E-state index in [0.717, 1.165) is 35.2 Å². The average molecular weight is 525 g/mol. The molecule has 0 fully saturated rings. The van der Waals surface area contributed by atoms with Crippen molar-refractivity contribution in [1.82, 2.24) is 5.32 Å². The van der Waals surface area contributed by atoms with Crippen molar-refractivity contribution in [2.45, 2.75) is 12.4 Å². The largest absolute Gasteiger partial charge is 0.497 e. The van der Waals surface area contributed by atoms with Gasteiger partial charge in [-0.25, -0.2) is 4.79 Å². The van der Waals surface area contributed by atoms with Crippen molar-refractivity contribution in [3.05, 3.63) is 89.5 Å². The van der Waals surface area contributed by atoms with Gasteiger partial charge in [0.1, 0.15) is 5.75 Å². The van der Waals surface area contributed by atoms with Gasteiger partial charge in [0.05, 0.1) is 18.2 Å². The van der Waals surface area contributed by atoms with Gasteiger partial charge < -0.3 is 15.4 Å². The Morgan fingerprint density at radius 2 is 1.46 bits per heavy atom. The number of urea groups is 1. The highest BCUT2D eigenvalue weighted by Crippen LogP contribution is 2.33. The maximum absolute atomic E-state index is 13.2. The molecule has 3 aromatic rings.